The molecule has 0 aliphatic carbocycles. The zero-order valence-corrected chi connectivity index (χ0v) is 12.1. The number of halogens is 3. The van der Waals surface area contributed by atoms with Crippen LogP contribution in [0, 0.1) is 0 Å². The average molecular weight is 335 g/mol. The Kier molecular flexibility index (Phi) is 3.78. The first-order valence-corrected chi connectivity index (χ1v) is 6.44. The summed E-state index contributed by atoms with van der Waals surface area (Å²) in [7, 11) is 1.80. The van der Waals surface area contributed by atoms with Crippen LogP contribution in [-0.4, -0.2) is 9.78 Å². The molecule has 0 amide bonds. The van der Waals surface area contributed by atoms with Gasteiger partial charge in [0.15, 0.2) is 0 Å². The van der Waals surface area contributed by atoms with Crippen LogP contribution in [-0.2, 0) is 7.05 Å². The van der Waals surface area contributed by atoms with Gasteiger partial charge in [0.2, 0.25) is 0 Å². The number of hydrogen-bond donors (Lipinski definition) is 1. The molecule has 6 heteroatoms. The van der Waals surface area contributed by atoms with E-state index in [1.165, 1.54) is 0 Å². The van der Waals surface area contributed by atoms with Crippen LogP contribution in [0.3, 0.4) is 0 Å². The highest BCUT2D eigenvalue weighted by atomic mass is 79.9. The summed E-state index contributed by atoms with van der Waals surface area (Å²) in [4.78, 5) is 0. The van der Waals surface area contributed by atoms with Gasteiger partial charge in [0.25, 0.3) is 0 Å². The lowest BCUT2D eigenvalue weighted by Gasteiger charge is -2.15. The second kappa shape index (κ2) is 4.98. The third-order valence-electron chi connectivity index (χ3n) is 2.55. The molecule has 1 aromatic heterocycles. The molecule has 0 bridgehead atoms. The summed E-state index contributed by atoms with van der Waals surface area (Å²) in [5.74, 6) is 0. The van der Waals surface area contributed by atoms with Crippen LogP contribution in [0.4, 0.5) is 0 Å². The summed E-state index contributed by atoms with van der Waals surface area (Å²) in [6.45, 7) is 0. The molecule has 0 spiro atoms. The molecule has 17 heavy (non-hydrogen) atoms. The lowest BCUT2D eigenvalue weighted by molar-refractivity contribution is 0.673. The summed E-state index contributed by atoms with van der Waals surface area (Å²) in [6, 6.07) is 5.22. The topological polar surface area (TPSA) is 43.8 Å². The Morgan fingerprint density at radius 3 is 2.71 bits per heavy atom. The van der Waals surface area contributed by atoms with Crippen molar-refractivity contribution in [3.8, 4) is 0 Å². The van der Waals surface area contributed by atoms with E-state index >= 15 is 0 Å². The van der Waals surface area contributed by atoms with Gasteiger partial charge >= 0.3 is 0 Å². The van der Waals surface area contributed by atoms with Crippen molar-refractivity contribution in [3.05, 3.63) is 50.2 Å². The minimum atomic E-state index is -0.403. The Balaban J connectivity index is 2.51. The molecule has 0 saturated carbocycles. The third kappa shape index (κ3) is 2.36. The molecular weight excluding hydrogens is 325 g/mol. The summed E-state index contributed by atoms with van der Waals surface area (Å²) in [6.07, 6.45) is 1.57. The highest BCUT2D eigenvalue weighted by molar-refractivity contribution is 9.10. The Labute approximate surface area is 118 Å². The molecule has 0 saturated heterocycles. The molecule has 2 N–H and O–H groups in total. The first-order valence-electron chi connectivity index (χ1n) is 4.89. The Hall–Kier alpha value is -0.550. The van der Waals surface area contributed by atoms with E-state index in [-0.39, 0.29) is 0 Å². The van der Waals surface area contributed by atoms with Gasteiger partial charge in [0.1, 0.15) is 0 Å². The van der Waals surface area contributed by atoms with E-state index in [2.05, 4.69) is 21.0 Å². The predicted molar refractivity (Wildman–Crippen MR) is 73.4 cm³/mol. The number of aromatic nitrogens is 2. The molecule has 90 valence electrons. The molecule has 0 aliphatic heterocycles. The molecule has 2 rings (SSSR count). The molecule has 1 unspecified atom stereocenters. The van der Waals surface area contributed by atoms with Crippen LogP contribution in [0.15, 0.2) is 28.9 Å². The van der Waals surface area contributed by atoms with Crippen molar-refractivity contribution in [1.29, 1.82) is 0 Å². The fourth-order valence-electron chi connectivity index (χ4n) is 1.68. The normalized spacial score (nSPS) is 12.8. The minimum Gasteiger partial charge on any atom is -0.319 e. The number of aryl methyl sites for hydroxylation is 1. The highest BCUT2D eigenvalue weighted by Crippen LogP contribution is 2.34. The Morgan fingerprint density at radius 1 is 1.41 bits per heavy atom. The lowest BCUT2D eigenvalue weighted by atomic mass is 10.0. The summed E-state index contributed by atoms with van der Waals surface area (Å²) >= 11 is 15.6. The van der Waals surface area contributed by atoms with Gasteiger partial charge < -0.3 is 5.73 Å². The van der Waals surface area contributed by atoms with Crippen molar-refractivity contribution >= 4 is 39.1 Å². The molecule has 0 radical (unpaired) electrons. The van der Waals surface area contributed by atoms with Gasteiger partial charge in [0.05, 0.1) is 28.0 Å². The monoisotopic (exact) mass is 333 g/mol. The van der Waals surface area contributed by atoms with Gasteiger partial charge in [-0.15, -0.1) is 0 Å². The molecule has 3 nitrogen and oxygen atoms in total. The zero-order chi connectivity index (χ0) is 12.6. The number of nitrogens with two attached hydrogens (primary N) is 1. The second-order valence-corrected chi connectivity index (χ2v) is 5.26. The first-order chi connectivity index (χ1) is 8.02. The van der Waals surface area contributed by atoms with E-state index in [9.17, 15) is 0 Å². The molecular formula is C11H10BrCl2N3. The van der Waals surface area contributed by atoms with Crippen molar-refractivity contribution in [2.45, 2.75) is 6.04 Å². The van der Waals surface area contributed by atoms with Gasteiger partial charge in [-0.2, -0.15) is 5.10 Å². The van der Waals surface area contributed by atoms with E-state index in [0.717, 1.165) is 15.7 Å². The summed E-state index contributed by atoms with van der Waals surface area (Å²) < 4.78 is 2.47. The number of rotatable bonds is 2. The average Bonchev–Trinajstić information content (AvgIpc) is 2.62. The lowest BCUT2D eigenvalue weighted by Crippen LogP contribution is -2.17. The molecule has 0 aliphatic rings. The van der Waals surface area contributed by atoms with Crippen molar-refractivity contribution < 1.29 is 0 Å². The molecule has 1 heterocycles. The number of nitrogens with zero attached hydrogens (tertiary/aromatic N) is 2. The van der Waals surface area contributed by atoms with Crippen LogP contribution in [0.5, 0.6) is 0 Å². The standard InChI is InChI=1S/C11H10BrCl2N3/c1-17-11(8(13)5-16-17)10(15)6-3-2-4-7(12)9(6)14/h2-5,10H,15H2,1H3. The predicted octanol–water partition coefficient (Wildman–Crippen LogP) is 3.54. The minimum absolute atomic E-state index is 0.403. The van der Waals surface area contributed by atoms with Gasteiger partial charge in [-0.3, -0.25) is 4.68 Å². The maximum absolute atomic E-state index is 6.21. The zero-order valence-electron chi connectivity index (χ0n) is 8.99. The van der Waals surface area contributed by atoms with Crippen molar-refractivity contribution in [1.82, 2.24) is 9.78 Å². The molecule has 1 atom stereocenters. The molecule has 2 aromatic rings. The van der Waals surface area contributed by atoms with Crippen LogP contribution in [0.2, 0.25) is 10.0 Å². The van der Waals surface area contributed by atoms with E-state index < -0.39 is 6.04 Å². The Morgan fingerprint density at radius 2 is 2.12 bits per heavy atom. The van der Waals surface area contributed by atoms with Crippen molar-refractivity contribution in [2.75, 3.05) is 0 Å². The molecule has 1 aromatic carbocycles. The highest BCUT2D eigenvalue weighted by Gasteiger charge is 2.20. The maximum atomic E-state index is 6.21. The molecule has 0 fully saturated rings. The van der Waals surface area contributed by atoms with E-state index in [4.69, 9.17) is 28.9 Å². The van der Waals surface area contributed by atoms with Crippen molar-refractivity contribution in [3.63, 3.8) is 0 Å². The Bertz CT molecular complexity index is 534. The fourth-order valence-corrected chi connectivity index (χ4v) is 2.59. The van der Waals surface area contributed by atoms with Gasteiger partial charge in [-0.25, -0.2) is 0 Å². The third-order valence-corrected chi connectivity index (χ3v) is 4.15. The smallest absolute Gasteiger partial charge is 0.0837 e. The number of benzene rings is 1. The van der Waals surface area contributed by atoms with Crippen LogP contribution < -0.4 is 5.73 Å². The van der Waals surface area contributed by atoms with Crippen LogP contribution in [0.25, 0.3) is 0 Å². The van der Waals surface area contributed by atoms with Crippen LogP contribution in [0.1, 0.15) is 17.3 Å². The van der Waals surface area contributed by atoms with E-state index in [1.807, 2.05) is 18.2 Å². The second-order valence-electron chi connectivity index (χ2n) is 3.62. The van der Waals surface area contributed by atoms with Gasteiger partial charge in [-0.1, -0.05) is 35.3 Å². The summed E-state index contributed by atoms with van der Waals surface area (Å²) in [5.41, 5.74) is 7.74. The van der Waals surface area contributed by atoms with E-state index in [1.54, 1.807) is 17.9 Å². The van der Waals surface area contributed by atoms with Crippen LogP contribution >= 0.6 is 39.1 Å². The maximum Gasteiger partial charge on any atom is 0.0837 e. The van der Waals surface area contributed by atoms with E-state index in [0.29, 0.717) is 10.0 Å². The largest absolute Gasteiger partial charge is 0.319 e. The van der Waals surface area contributed by atoms with Gasteiger partial charge in [-0.05, 0) is 27.6 Å². The summed E-state index contributed by atoms with van der Waals surface area (Å²) in [5, 5.41) is 5.20. The first kappa shape index (κ1) is 12.9. The quantitative estimate of drug-likeness (QED) is 0.912. The van der Waals surface area contributed by atoms with Crippen molar-refractivity contribution in [2.24, 2.45) is 12.8 Å². The number of hydrogen-bond acceptors (Lipinski definition) is 2. The SMILES string of the molecule is Cn1ncc(Cl)c1C(N)c1cccc(Br)c1Cl. The van der Waals surface area contributed by atoms with Gasteiger partial charge in [0, 0.05) is 11.5 Å². The fraction of sp³-hybridized carbons (Fsp3) is 0.182.